The molecule has 2 fully saturated rings. The number of amides is 2. The SMILES string of the molecule is Cc1cc(C(=O)N2CCC(NCC3CC3)CC2)ccc1NC(=O)CC(C)C.Cl. The number of hydrogen-bond donors (Lipinski definition) is 2. The molecule has 1 saturated heterocycles. The topological polar surface area (TPSA) is 61.4 Å². The summed E-state index contributed by atoms with van der Waals surface area (Å²) in [5.74, 6) is 1.34. The highest BCUT2D eigenvalue weighted by Gasteiger charge is 2.26. The molecule has 2 N–H and O–H groups in total. The van der Waals surface area contributed by atoms with Gasteiger partial charge in [0.05, 0.1) is 0 Å². The predicted molar refractivity (Wildman–Crippen MR) is 116 cm³/mol. The first kappa shape index (κ1) is 22.7. The van der Waals surface area contributed by atoms with Gasteiger partial charge in [-0.2, -0.15) is 0 Å². The van der Waals surface area contributed by atoms with Crippen LogP contribution in [0.3, 0.4) is 0 Å². The highest BCUT2D eigenvalue weighted by molar-refractivity contribution is 5.96. The third-order valence-electron chi connectivity index (χ3n) is 5.52. The number of nitrogens with one attached hydrogen (secondary N) is 2. The second-order valence-corrected chi connectivity index (χ2v) is 8.59. The van der Waals surface area contributed by atoms with Crippen LogP contribution in [-0.2, 0) is 4.79 Å². The molecule has 1 aromatic carbocycles. The minimum atomic E-state index is 0. The molecule has 0 atom stereocenters. The lowest BCUT2D eigenvalue weighted by Gasteiger charge is -2.32. The van der Waals surface area contributed by atoms with Crippen molar-refractivity contribution in [1.29, 1.82) is 0 Å². The van der Waals surface area contributed by atoms with Crippen molar-refractivity contribution >= 4 is 29.9 Å². The van der Waals surface area contributed by atoms with Gasteiger partial charge in [0.25, 0.3) is 5.91 Å². The normalized spacial score (nSPS) is 17.4. The van der Waals surface area contributed by atoms with Gasteiger partial charge in [-0.3, -0.25) is 9.59 Å². The molecule has 0 spiro atoms. The number of nitrogens with zero attached hydrogens (tertiary/aromatic N) is 1. The average molecular weight is 408 g/mol. The fourth-order valence-corrected chi connectivity index (χ4v) is 3.63. The number of carbonyl (C=O) groups is 2. The first-order chi connectivity index (χ1) is 12.9. The van der Waals surface area contributed by atoms with E-state index in [4.69, 9.17) is 0 Å². The van der Waals surface area contributed by atoms with E-state index < -0.39 is 0 Å². The summed E-state index contributed by atoms with van der Waals surface area (Å²) in [5.41, 5.74) is 2.43. The quantitative estimate of drug-likeness (QED) is 0.717. The molecule has 1 aliphatic carbocycles. The maximum absolute atomic E-state index is 12.8. The molecule has 1 saturated carbocycles. The summed E-state index contributed by atoms with van der Waals surface area (Å²) < 4.78 is 0. The van der Waals surface area contributed by atoms with E-state index in [0.29, 0.717) is 23.9 Å². The fraction of sp³-hybridized carbons (Fsp3) is 0.636. The number of piperidine rings is 1. The molecule has 2 amide bonds. The number of rotatable bonds is 7. The van der Waals surface area contributed by atoms with Gasteiger partial charge in [0.2, 0.25) is 5.91 Å². The summed E-state index contributed by atoms with van der Waals surface area (Å²) in [5, 5.41) is 6.60. The lowest BCUT2D eigenvalue weighted by atomic mass is 10.0. The fourth-order valence-electron chi connectivity index (χ4n) is 3.63. The zero-order valence-electron chi connectivity index (χ0n) is 17.3. The van der Waals surface area contributed by atoms with Crippen LogP contribution in [0, 0.1) is 18.8 Å². The third-order valence-corrected chi connectivity index (χ3v) is 5.52. The van der Waals surface area contributed by atoms with Gasteiger partial charge < -0.3 is 15.5 Å². The summed E-state index contributed by atoms with van der Waals surface area (Å²) in [4.78, 5) is 26.8. The van der Waals surface area contributed by atoms with Crippen LogP contribution in [-0.4, -0.2) is 42.4 Å². The number of anilines is 1. The lowest BCUT2D eigenvalue weighted by molar-refractivity contribution is -0.116. The summed E-state index contributed by atoms with van der Waals surface area (Å²) in [6, 6.07) is 6.13. The summed E-state index contributed by atoms with van der Waals surface area (Å²) in [7, 11) is 0. The van der Waals surface area contributed by atoms with Gasteiger partial charge in [-0.25, -0.2) is 0 Å². The maximum atomic E-state index is 12.8. The van der Waals surface area contributed by atoms with Gasteiger partial charge in [0.1, 0.15) is 0 Å². The Labute approximate surface area is 175 Å². The Balaban J connectivity index is 0.00000280. The van der Waals surface area contributed by atoms with Crippen molar-refractivity contribution in [2.75, 3.05) is 25.0 Å². The van der Waals surface area contributed by atoms with E-state index in [1.54, 1.807) is 0 Å². The molecule has 156 valence electrons. The molecule has 0 aromatic heterocycles. The molecule has 1 aromatic rings. The molecule has 0 unspecified atom stereocenters. The third kappa shape index (κ3) is 6.49. The van der Waals surface area contributed by atoms with Crippen molar-refractivity contribution in [2.45, 2.75) is 58.9 Å². The summed E-state index contributed by atoms with van der Waals surface area (Å²) in [6.07, 6.45) is 5.31. The van der Waals surface area contributed by atoms with Crippen molar-refractivity contribution in [3.05, 3.63) is 29.3 Å². The van der Waals surface area contributed by atoms with Crippen LogP contribution in [0.25, 0.3) is 0 Å². The van der Waals surface area contributed by atoms with Crippen molar-refractivity contribution in [3.63, 3.8) is 0 Å². The number of halogens is 1. The van der Waals surface area contributed by atoms with E-state index in [1.807, 2.05) is 43.9 Å². The van der Waals surface area contributed by atoms with Crippen LogP contribution in [0.1, 0.15) is 61.9 Å². The minimum absolute atomic E-state index is 0. The summed E-state index contributed by atoms with van der Waals surface area (Å²) in [6.45, 7) is 8.76. The van der Waals surface area contributed by atoms with Crippen molar-refractivity contribution in [2.24, 2.45) is 11.8 Å². The molecule has 1 aliphatic heterocycles. The highest BCUT2D eigenvalue weighted by atomic mass is 35.5. The van der Waals surface area contributed by atoms with Gasteiger partial charge in [-0.1, -0.05) is 13.8 Å². The molecule has 28 heavy (non-hydrogen) atoms. The number of aryl methyl sites for hydroxylation is 1. The zero-order chi connectivity index (χ0) is 19.4. The van der Waals surface area contributed by atoms with Crippen LogP contribution in [0.4, 0.5) is 5.69 Å². The minimum Gasteiger partial charge on any atom is -0.339 e. The van der Waals surface area contributed by atoms with Crippen LogP contribution in [0.2, 0.25) is 0 Å². The number of likely N-dealkylation sites (tertiary alicyclic amines) is 1. The second kappa shape index (κ2) is 10.3. The maximum Gasteiger partial charge on any atom is 0.253 e. The largest absolute Gasteiger partial charge is 0.339 e. The van der Waals surface area contributed by atoms with Gasteiger partial charge in [-0.05, 0) is 74.8 Å². The van der Waals surface area contributed by atoms with Gasteiger partial charge in [-0.15, -0.1) is 12.4 Å². The molecule has 1 heterocycles. The first-order valence-corrected chi connectivity index (χ1v) is 10.4. The van der Waals surface area contributed by atoms with E-state index in [9.17, 15) is 9.59 Å². The molecule has 2 aliphatic rings. The molecular weight excluding hydrogens is 374 g/mol. The molecular formula is C22H34ClN3O2. The number of benzene rings is 1. The number of hydrogen-bond acceptors (Lipinski definition) is 3. The van der Waals surface area contributed by atoms with Crippen molar-refractivity contribution < 1.29 is 9.59 Å². The van der Waals surface area contributed by atoms with Gasteiger partial charge >= 0.3 is 0 Å². The van der Waals surface area contributed by atoms with E-state index in [1.165, 1.54) is 12.8 Å². The Hall–Kier alpha value is -1.59. The second-order valence-electron chi connectivity index (χ2n) is 8.59. The van der Waals surface area contributed by atoms with Crippen LogP contribution in [0.15, 0.2) is 18.2 Å². The van der Waals surface area contributed by atoms with Crippen LogP contribution < -0.4 is 10.6 Å². The van der Waals surface area contributed by atoms with E-state index in [-0.39, 0.29) is 24.2 Å². The van der Waals surface area contributed by atoms with Crippen molar-refractivity contribution in [3.8, 4) is 0 Å². The zero-order valence-corrected chi connectivity index (χ0v) is 18.1. The Morgan fingerprint density at radius 1 is 1.14 bits per heavy atom. The smallest absolute Gasteiger partial charge is 0.253 e. The standard InChI is InChI=1S/C22H33N3O2.ClH/c1-15(2)12-21(26)24-20-7-6-18(13-16(20)3)22(27)25-10-8-19(9-11-25)23-14-17-4-5-17;/h6-7,13,15,17,19,23H,4-5,8-12,14H2,1-3H3,(H,24,26);1H. The van der Waals surface area contributed by atoms with E-state index in [2.05, 4.69) is 10.6 Å². The Morgan fingerprint density at radius 2 is 1.82 bits per heavy atom. The van der Waals surface area contributed by atoms with E-state index >= 15 is 0 Å². The molecule has 0 bridgehead atoms. The molecule has 0 radical (unpaired) electrons. The first-order valence-electron chi connectivity index (χ1n) is 10.4. The molecule has 3 rings (SSSR count). The Morgan fingerprint density at radius 3 is 2.39 bits per heavy atom. The highest BCUT2D eigenvalue weighted by Crippen LogP contribution is 2.28. The van der Waals surface area contributed by atoms with Crippen LogP contribution in [0.5, 0.6) is 0 Å². The van der Waals surface area contributed by atoms with Crippen LogP contribution >= 0.6 is 12.4 Å². The molecule has 6 heteroatoms. The monoisotopic (exact) mass is 407 g/mol. The summed E-state index contributed by atoms with van der Waals surface area (Å²) >= 11 is 0. The van der Waals surface area contributed by atoms with Gasteiger partial charge in [0, 0.05) is 36.8 Å². The van der Waals surface area contributed by atoms with E-state index in [0.717, 1.165) is 49.6 Å². The lowest BCUT2D eigenvalue weighted by Crippen LogP contribution is -2.45. The van der Waals surface area contributed by atoms with Gasteiger partial charge in [0.15, 0.2) is 0 Å². The van der Waals surface area contributed by atoms with Crippen molar-refractivity contribution in [1.82, 2.24) is 10.2 Å². The Bertz CT molecular complexity index is 680. The average Bonchev–Trinajstić information content (AvgIpc) is 3.45. The predicted octanol–water partition coefficient (Wildman–Crippen LogP) is 4.01. The molecule has 5 nitrogen and oxygen atoms in total. The number of carbonyl (C=O) groups excluding carboxylic acids is 2. The Kier molecular flexibility index (Phi) is 8.32.